The second-order valence-electron chi connectivity index (χ2n) is 4.57. The van der Waals surface area contributed by atoms with Crippen LogP contribution in [-0.4, -0.2) is 30.2 Å². The first kappa shape index (κ1) is 13.4. The minimum absolute atomic E-state index is 0.676. The lowest BCUT2D eigenvalue weighted by molar-refractivity contribution is 0.756. The number of benzene rings is 1. The summed E-state index contributed by atoms with van der Waals surface area (Å²) in [5, 5.41) is 14.5. The fraction of sp³-hybridized carbons (Fsp3) is 0.0714. The molecular weight excluding hydrogens is 316 g/mol. The minimum atomic E-state index is 0.676. The first-order chi connectivity index (χ1) is 10.8. The van der Waals surface area contributed by atoms with Crippen LogP contribution in [0.1, 0.15) is 4.88 Å². The molecule has 0 aliphatic carbocycles. The molecule has 0 aliphatic rings. The van der Waals surface area contributed by atoms with Gasteiger partial charge in [-0.3, -0.25) is 0 Å². The lowest BCUT2D eigenvalue weighted by atomic mass is 10.3. The van der Waals surface area contributed by atoms with Crippen LogP contribution in [0.25, 0.3) is 15.9 Å². The van der Waals surface area contributed by atoms with Crippen LogP contribution in [0.3, 0.4) is 0 Å². The zero-order chi connectivity index (χ0) is 14.9. The van der Waals surface area contributed by atoms with E-state index in [9.17, 15) is 0 Å². The molecule has 0 N–H and O–H groups in total. The van der Waals surface area contributed by atoms with Gasteiger partial charge in [-0.25, -0.2) is 9.97 Å². The Bertz CT molecular complexity index is 931. The molecule has 0 saturated heterocycles. The van der Waals surface area contributed by atoms with Gasteiger partial charge in [0.05, 0.1) is 5.69 Å². The van der Waals surface area contributed by atoms with Gasteiger partial charge in [0.1, 0.15) is 16.2 Å². The van der Waals surface area contributed by atoms with Gasteiger partial charge in [-0.1, -0.05) is 18.2 Å². The SMILES string of the molecule is Cc1cc2c(Sc3nnnn3-c3ccccc3)ncnc2s1. The first-order valence-corrected chi connectivity index (χ1v) is 8.17. The largest absolute Gasteiger partial charge is 0.229 e. The molecule has 0 unspecified atom stereocenters. The average molecular weight is 326 g/mol. The van der Waals surface area contributed by atoms with Crippen molar-refractivity contribution in [2.24, 2.45) is 0 Å². The lowest BCUT2D eigenvalue weighted by Crippen LogP contribution is -1.98. The third-order valence-electron chi connectivity index (χ3n) is 3.05. The van der Waals surface area contributed by atoms with Crippen LogP contribution in [0.2, 0.25) is 0 Å². The van der Waals surface area contributed by atoms with Crippen molar-refractivity contribution in [1.82, 2.24) is 30.2 Å². The highest BCUT2D eigenvalue weighted by molar-refractivity contribution is 7.99. The number of aryl methyl sites for hydroxylation is 1. The summed E-state index contributed by atoms with van der Waals surface area (Å²) in [4.78, 5) is 10.9. The second kappa shape index (κ2) is 5.47. The number of aromatic nitrogens is 6. The van der Waals surface area contributed by atoms with Crippen molar-refractivity contribution in [3.63, 3.8) is 0 Å². The van der Waals surface area contributed by atoms with Crippen molar-refractivity contribution < 1.29 is 0 Å². The lowest BCUT2D eigenvalue weighted by Gasteiger charge is -2.03. The van der Waals surface area contributed by atoms with Crippen LogP contribution in [0.15, 0.2) is 52.9 Å². The molecule has 4 rings (SSSR count). The summed E-state index contributed by atoms with van der Waals surface area (Å²) in [6.07, 6.45) is 1.58. The summed E-state index contributed by atoms with van der Waals surface area (Å²) in [5.74, 6) is 0. The van der Waals surface area contributed by atoms with Gasteiger partial charge >= 0.3 is 0 Å². The maximum Gasteiger partial charge on any atom is 0.220 e. The van der Waals surface area contributed by atoms with Crippen LogP contribution < -0.4 is 0 Å². The first-order valence-electron chi connectivity index (χ1n) is 6.54. The van der Waals surface area contributed by atoms with E-state index in [0.717, 1.165) is 20.9 Å². The quantitative estimate of drug-likeness (QED) is 0.539. The number of rotatable bonds is 3. The van der Waals surface area contributed by atoms with Gasteiger partial charge in [-0.15, -0.1) is 16.4 Å². The van der Waals surface area contributed by atoms with E-state index in [4.69, 9.17) is 0 Å². The number of nitrogens with zero attached hydrogens (tertiary/aromatic N) is 6. The highest BCUT2D eigenvalue weighted by Crippen LogP contribution is 2.33. The van der Waals surface area contributed by atoms with Crippen molar-refractivity contribution in [1.29, 1.82) is 0 Å². The Morgan fingerprint density at radius 3 is 2.86 bits per heavy atom. The predicted molar refractivity (Wildman–Crippen MR) is 85.4 cm³/mol. The molecule has 0 spiro atoms. The van der Waals surface area contributed by atoms with Gasteiger partial charge < -0.3 is 0 Å². The molecule has 8 heteroatoms. The summed E-state index contributed by atoms with van der Waals surface area (Å²) < 4.78 is 1.71. The van der Waals surface area contributed by atoms with Crippen molar-refractivity contribution in [3.8, 4) is 5.69 Å². The molecule has 0 saturated carbocycles. The molecule has 0 aliphatic heterocycles. The third kappa shape index (κ3) is 2.36. The predicted octanol–water partition coefficient (Wildman–Crippen LogP) is 3.13. The molecule has 0 atom stereocenters. The third-order valence-corrected chi connectivity index (χ3v) is 4.96. The Morgan fingerprint density at radius 2 is 2.00 bits per heavy atom. The summed E-state index contributed by atoms with van der Waals surface area (Å²) in [6, 6.07) is 11.9. The maximum absolute atomic E-state index is 4.38. The van der Waals surface area contributed by atoms with Crippen molar-refractivity contribution >= 4 is 33.3 Å². The molecule has 3 aromatic heterocycles. The number of thiophene rings is 1. The van der Waals surface area contributed by atoms with Gasteiger partial charge in [0.25, 0.3) is 0 Å². The number of fused-ring (bicyclic) bond motifs is 1. The van der Waals surface area contributed by atoms with E-state index in [2.05, 4.69) is 38.5 Å². The number of para-hydroxylation sites is 1. The summed E-state index contributed by atoms with van der Waals surface area (Å²) >= 11 is 3.10. The summed E-state index contributed by atoms with van der Waals surface area (Å²) in [6.45, 7) is 2.06. The molecular formula is C14H10N6S2. The molecule has 22 heavy (non-hydrogen) atoms. The Balaban J connectivity index is 1.77. The smallest absolute Gasteiger partial charge is 0.220 e. The number of hydrogen-bond acceptors (Lipinski definition) is 7. The van der Waals surface area contributed by atoms with Crippen LogP contribution in [0.5, 0.6) is 0 Å². The van der Waals surface area contributed by atoms with E-state index in [1.807, 2.05) is 30.3 Å². The molecule has 0 amide bonds. The standard InChI is InChI=1S/C14H10N6S2/c1-9-7-11-12(21-9)15-8-16-13(11)22-14-17-18-19-20(14)10-5-3-2-4-6-10/h2-8H,1H3. The highest BCUT2D eigenvalue weighted by atomic mass is 32.2. The molecule has 3 heterocycles. The number of tetrazole rings is 1. The van der Waals surface area contributed by atoms with E-state index in [1.54, 1.807) is 22.3 Å². The monoisotopic (exact) mass is 326 g/mol. The van der Waals surface area contributed by atoms with Gasteiger partial charge in [-0.2, -0.15) is 4.68 Å². The summed E-state index contributed by atoms with van der Waals surface area (Å²) in [5.41, 5.74) is 0.918. The number of hydrogen-bond donors (Lipinski definition) is 0. The normalized spacial score (nSPS) is 11.1. The van der Waals surface area contributed by atoms with E-state index in [0.29, 0.717) is 5.16 Å². The highest BCUT2D eigenvalue weighted by Gasteiger charge is 2.14. The van der Waals surface area contributed by atoms with Crippen LogP contribution in [0, 0.1) is 6.92 Å². The fourth-order valence-corrected chi connectivity index (χ4v) is 3.85. The van der Waals surface area contributed by atoms with Crippen LogP contribution >= 0.6 is 23.1 Å². The molecule has 4 aromatic rings. The molecule has 1 aromatic carbocycles. The Kier molecular flexibility index (Phi) is 3.32. The van der Waals surface area contributed by atoms with Crippen molar-refractivity contribution in [3.05, 3.63) is 47.6 Å². The molecule has 0 radical (unpaired) electrons. The van der Waals surface area contributed by atoms with Crippen LogP contribution in [-0.2, 0) is 0 Å². The van der Waals surface area contributed by atoms with Crippen LogP contribution in [0.4, 0.5) is 0 Å². The maximum atomic E-state index is 4.38. The Morgan fingerprint density at radius 1 is 1.14 bits per heavy atom. The molecule has 0 fully saturated rings. The fourth-order valence-electron chi connectivity index (χ4n) is 2.10. The Hall–Kier alpha value is -2.32. The Labute approximate surface area is 134 Å². The minimum Gasteiger partial charge on any atom is -0.229 e. The van der Waals surface area contributed by atoms with Gasteiger partial charge in [0, 0.05) is 10.3 Å². The second-order valence-corrected chi connectivity index (χ2v) is 6.76. The van der Waals surface area contributed by atoms with Gasteiger partial charge in [-0.05, 0) is 47.3 Å². The van der Waals surface area contributed by atoms with Crippen molar-refractivity contribution in [2.75, 3.05) is 0 Å². The average Bonchev–Trinajstić information content (AvgIpc) is 3.14. The van der Waals surface area contributed by atoms with Gasteiger partial charge in [0.2, 0.25) is 5.16 Å². The molecule has 0 bridgehead atoms. The van der Waals surface area contributed by atoms with E-state index in [1.165, 1.54) is 16.6 Å². The van der Waals surface area contributed by atoms with E-state index < -0.39 is 0 Å². The topological polar surface area (TPSA) is 69.4 Å². The van der Waals surface area contributed by atoms with E-state index >= 15 is 0 Å². The summed E-state index contributed by atoms with van der Waals surface area (Å²) in [7, 11) is 0. The zero-order valence-electron chi connectivity index (χ0n) is 11.5. The van der Waals surface area contributed by atoms with Crippen molar-refractivity contribution in [2.45, 2.75) is 17.1 Å². The molecule has 6 nitrogen and oxygen atoms in total. The molecule has 108 valence electrons. The van der Waals surface area contributed by atoms with E-state index in [-0.39, 0.29) is 0 Å². The zero-order valence-corrected chi connectivity index (χ0v) is 13.2. The van der Waals surface area contributed by atoms with Gasteiger partial charge in [0.15, 0.2) is 0 Å².